The first-order valence-electron chi connectivity index (χ1n) is 7.27. The number of imide groups is 1. The molecule has 0 aromatic heterocycles. The Labute approximate surface area is 147 Å². The van der Waals surface area contributed by atoms with Gasteiger partial charge in [0.25, 0.3) is 11.1 Å². The molecule has 8 nitrogen and oxygen atoms in total. The molecule has 132 valence electrons. The lowest BCUT2D eigenvalue weighted by molar-refractivity contribution is -0.145. The third-order valence-electron chi connectivity index (χ3n) is 3.02. The predicted molar refractivity (Wildman–Crippen MR) is 88.9 cm³/mol. The summed E-state index contributed by atoms with van der Waals surface area (Å²) in [6.07, 6.45) is 1.42. The highest BCUT2D eigenvalue weighted by Crippen LogP contribution is 2.33. The summed E-state index contributed by atoms with van der Waals surface area (Å²) in [5.74, 6) is -2.15. The number of aliphatic carboxylic acids is 1. The lowest BCUT2D eigenvalue weighted by Gasteiger charge is -2.09. The summed E-state index contributed by atoms with van der Waals surface area (Å²) in [6.45, 7) is 0.932. The lowest BCUT2D eigenvalue weighted by atomic mass is 10.2. The molecule has 0 unspecified atom stereocenters. The highest BCUT2D eigenvalue weighted by atomic mass is 32.2. The van der Waals surface area contributed by atoms with Gasteiger partial charge in [0.15, 0.2) is 6.61 Å². The number of hydrogen-bond acceptors (Lipinski definition) is 7. The van der Waals surface area contributed by atoms with Gasteiger partial charge >= 0.3 is 11.9 Å². The molecule has 2 amide bonds. The highest BCUT2D eigenvalue weighted by molar-refractivity contribution is 8.18. The van der Waals surface area contributed by atoms with Gasteiger partial charge in [0.05, 0.1) is 11.5 Å². The number of ether oxygens (including phenoxy) is 2. The fourth-order valence-corrected chi connectivity index (χ4v) is 2.81. The van der Waals surface area contributed by atoms with Crippen molar-refractivity contribution < 1.29 is 33.8 Å². The van der Waals surface area contributed by atoms with Gasteiger partial charge in [-0.15, -0.1) is 0 Å². The second kappa shape index (κ2) is 8.34. The predicted octanol–water partition coefficient (Wildman–Crippen LogP) is 1.75. The summed E-state index contributed by atoms with van der Waals surface area (Å²) in [6, 6.07) is 6.64. The fourth-order valence-electron chi connectivity index (χ4n) is 1.98. The van der Waals surface area contributed by atoms with E-state index in [-0.39, 0.29) is 18.1 Å². The third kappa shape index (κ3) is 4.83. The van der Waals surface area contributed by atoms with Crippen LogP contribution in [0.15, 0.2) is 29.2 Å². The summed E-state index contributed by atoms with van der Waals surface area (Å²) in [5, 5.41) is 8.11. The molecule has 0 bridgehead atoms. The Balaban J connectivity index is 2.18. The fraction of sp³-hybridized carbons (Fsp3) is 0.250. The van der Waals surface area contributed by atoms with Crippen molar-refractivity contribution in [2.24, 2.45) is 0 Å². The van der Waals surface area contributed by atoms with Crippen LogP contribution in [0.1, 0.15) is 12.5 Å². The van der Waals surface area contributed by atoms with Gasteiger partial charge in [-0.25, -0.2) is 4.79 Å². The minimum Gasteiger partial charge on any atom is -0.481 e. The van der Waals surface area contributed by atoms with Crippen LogP contribution in [0.3, 0.4) is 0 Å². The van der Waals surface area contributed by atoms with Crippen molar-refractivity contribution in [3.63, 3.8) is 0 Å². The molecule has 0 spiro atoms. The van der Waals surface area contributed by atoms with Gasteiger partial charge < -0.3 is 14.6 Å². The number of thioether (sulfide) groups is 1. The number of para-hydroxylation sites is 1. The van der Waals surface area contributed by atoms with Gasteiger partial charge in [-0.3, -0.25) is 19.3 Å². The molecule has 1 aromatic rings. The van der Waals surface area contributed by atoms with Crippen LogP contribution in [0.2, 0.25) is 0 Å². The van der Waals surface area contributed by atoms with E-state index in [1.807, 2.05) is 0 Å². The summed E-state index contributed by atoms with van der Waals surface area (Å²) < 4.78 is 10.2. The molecule has 9 heteroatoms. The van der Waals surface area contributed by atoms with Crippen molar-refractivity contribution in [2.75, 3.05) is 19.8 Å². The van der Waals surface area contributed by atoms with Gasteiger partial charge in [0.2, 0.25) is 0 Å². The molecule has 1 N–H and O–H groups in total. The number of carbonyl (C=O) groups excluding carboxylic acids is 3. The molecule has 1 fully saturated rings. The van der Waals surface area contributed by atoms with E-state index in [2.05, 4.69) is 0 Å². The standard InChI is InChI=1S/C16H15NO7S/c1-2-23-14(20)9-24-11-6-4-3-5-10(11)7-12-15(21)17(8-13(18)19)16(22)25-12/h3-7H,2,8-9H2,1H3,(H,18,19)/b12-7+. The molecule has 0 saturated carbocycles. The van der Waals surface area contributed by atoms with Gasteiger partial charge in [0.1, 0.15) is 12.3 Å². The van der Waals surface area contributed by atoms with E-state index >= 15 is 0 Å². The maximum atomic E-state index is 12.2. The van der Waals surface area contributed by atoms with E-state index in [0.29, 0.717) is 28.0 Å². The maximum absolute atomic E-state index is 12.2. The van der Waals surface area contributed by atoms with Crippen LogP contribution in [0, 0.1) is 0 Å². The smallest absolute Gasteiger partial charge is 0.344 e. The van der Waals surface area contributed by atoms with E-state index in [0.717, 1.165) is 0 Å². The number of carboxylic acid groups (broad SMARTS) is 1. The van der Waals surface area contributed by atoms with Crippen LogP contribution in [-0.2, 0) is 19.1 Å². The van der Waals surface area contributed by atoms with Crippen LogP contribution < -0.4 is 4.74 Å². The van der Waals surface area contributed by atoms with Gasteiger partial charge in [-0.2, -0.15) is 0 Å². The van der Waals surface area contributed by atoms with E-state index in [9.17, 15) is 19.2 Å². The molecule has 1 aliphatic rings. The Hall–Kier alpha value is -2.81. The van der Waals surface area contributed by atoms with Crippen molar-refractivity contribution in [3.8, 4) is 5.75 Å². The minimum atomic E-state index is -1.28. The molecular weight excluding hydrogens is 350 g/mol. The van der Waals surface area contributed by atoms with Gasteiger partial charge in [-0.05, 0) is 30.8 Å². The van der Waals surface area contributed by atoms with Crippen LogP contribution in [0.4, 0.5) is 4.79 Å². The van der Waals surface area contributed by atoms with Crippen LogP contribution >= 0.6 is 11.8 Å². The van der Waals surface area contributed by atoms with Crippen molar-refractivity contribution in [3.05, 3.63) is 34.7 Å². The summed E-state index contributed by atoms with van der Waals surface area (Å²) in [7, 11) is 0. The zero-order chi connectivity index (χ0) is 18.4. The molecule has 1 saturated heterocycles. The number of rotatable bonds is 7. The van der Waals surface area contributed by atoms with Crippen molar-refractivity contribution >= 4 is 40.9 Å². The largest absolute Gasteiger partial charge is 0.481 e. The molecule has 1 aromatic carbocycles. The Morgan fingerprint density at radius 3 is 2.68 bits per heavy atom. The molecule has 1 heterocycles. The number of nitrogens with zero attached hydrogens (tertiary/aromatic N) is 1. The van der Waals surface area contributed by atoms with Crippen LogP contribution in [0.5, 0.6) is 5.75 Å². The van der Waals surface area contributed by atoms with Gasteiger partial charge in [0, 0.05) is 5.56 Å². The molecule has 0 atom stereocenters. The Bertz CT molecular complexity index is 744. The summed E-state index contributed by atoms with van der Waals surface area (Å²) >= 11 is 0.648. The number of carbonyl (C=O) groups is 4. The normalized spacial score (nSPS) is 15.6. The molecular formula is C16H15NO7S. The monoisotopic (exact) mass is 365 g/mol. The quantitative estimate of drug-likeness (QED) is 0.575. The van der Waals surface area contributed by atoms with E-state index in [1.54, 1.807) is 31.2 Å². The van der Waals surface area contributed by atoms with Gasteiger partial charge in [-0.1, -0.05) is 18.2 Å². The SMILES string of the molecule is CCOC(=O)COc1ccccc1/C=C1/SC(=O)N(CC(=O)O)C1=O. The Morgan fingerprint density at radius 1 is 1.28 bits per heavy atom. The number of esters is 1. The average molecular weight is 365 g/mol. The van der Waals surface area contributed by atoms with E-state index < -0.39 is 29.6 Å². The molecule has 2 rings (SSSR count). The van der Waals surface area contributed by atoms with Crippen molar-refractivity contribution in [2.45, 2.75) is 6.92 Å². The van der Waals surface area contributed by atoms with Crippen molar-refractivity contribution in [1.29, 1.82) is 0 Å². The second-order valence-electron chi connectivity index (χ2n) is 4.79. The summed E-state index contributed by atoms with van der Waals surface area (Å²) in [5.41, 5.74) is 0.479. The van der Waals surface area contributed by atoms with Crippen molar-refractivity contribution in [1.82, 2.24) is 4.90 Å². The highest BCUT2D eigenvalue weighted by Gasteiger charge is 2.36. The first-order chi connectivity index (χ1) is 11.9. The number of hydrogen-bond donors (Lipinski definition) is 1. The Kier molecular flexibility index (Phi) is 6.18. The zero-order valence-corrected chi connectivity index (χ0v) is 14.1. The lowest BCUT2D eigenvalue weighted by Crippen LogP contribution is -2.33. The first kappa shape index (κ1) is 18.5. The molecule has 0 aliphatic carbocycles. The van der Waals surface area contributed by atoms with E-state index in [4.69, 9.17) is 14.6 Å². The average Bonchev–Trinajstić information content (AvgIpc) is 2.81. The zero-order valence-electron chi connectivity index (χ0n) is 13.3. The number of carboxylic acids is 1. The third-order valence-corrected chi connectivity index (χ3v) is 3.93. The molecule has 0 radical (unpaired) electrons. The topological polar surface area (TPSA) is 110 Å². The van der Waals surface area contributed by atoms with E-state index in [1.165, 1.54) is 6.08 Å². The number of amides is 2. The van der Waals surface area contributed by atoms with Crippen LogP contribution in [0.25, 0.3) is 6.08 Å². The molecule has 1 aliphatic heterocycles. The second-order valence-corrected chi connectivity index (χ2v) is 5.79. The minimum absolute atomic E-state index is 0.0819. The summed E-state index contributed by atoms with van der Waals surface area (Å²) in [4.78, 5) is 46.8. The maximum Gasteiger partial charge on any atom is 0.344 e. The molecule has 25 heavy (non-hydrogen) atoms. The Morgan fingerprint density at radius 2 is 2.00 bits per heavy atom. The van der Waals surface area contributed by atoms with Crippen LogP contribution in [-0.4, -0.2) is 52.8 Å². The number of benzene rings is 1. The first-order valence-corrected chi connectivity index (χ1v) is 8.08.